The Morgan fingerprint density at radius 2 is 1.88 bits per heavy atom. The Kier molecular flexibility index (Phi) is 6.74. The fraction of sp³-hybridized carbons (Fsp3) is 0.857. The van der Waals surface area contributed by atoms with Crippen molar-refractivity contribution in [3.63, 3.8) is 0 Å². The normalized spacial score (nSPS) is 25.2. The van der Waals surface area contributed by atoms with Gasteiger partial charge in [0.05, 0.1) is 0 Å². The van der Waals surface area contributed by atoms with Gasteiger partial charge in [0.2, 0.25) is 0 Å². The van der Waals surface area contributed by atoms with Crippen LogP contribution in [0.15, 0.2) is 12.2 Å². The molecule has 2 heteroatoms. The van der Waals surface area contributed by atoms with Crippen molar-refractivity contribution < 1.29 is 0 Å². The van der Waals surface area contributed by atoms with Gasteiger partial charge in [-0.3, -0.25) is 0 Å². The predicted octanol–water partition coefficient (Wildman–Crippen LogP) is 2.53. The Labute approximate surface area is 101 Å². The molecule has 16 heavy (non-hydrogen) atoms. The summed E-state index contributed by atoms with van der Waals surface area (Å²) in [4.78, 5) is 2.44. The standard InChI is InChI=1S/C14H27N2/c1-4-16(5-2)11-10-15-12-14-9-7-6-8-13(14)3/h6-7,13-14H,4-5,8-12H2,1-3H3. The first kappa shape index (κ1) is 13.7. The average Bonchev–Trinajstić information content (AvgIpc) is 2.31. The molecule has 1 aliphatic carbocycles. The van der Waals surface area contributed by atoms with Crippen LogP contribution in [0, 0.1) is 11.8 Å². The first-order chi connectivity index (χ1) is 7.77. The number of rotatable bonds is 7. The predicted molar refractivity (Wildman–Crippen MR) is 70.7 cm³/mol. The van der Waals surface area contributed by atoms with Crippen molar-refractivity contribution in [3.05, 3.63) is 12.2 Å². The zero-order valence-corrected chi connectivity index (χ0v) is 11.2. The molecule has 0 amide bonds. The van der Waals surface area contributed by atoms with Gasteiger partial charge in [-0.15, -0.1) is 0 Å². The second-order valence-electron chi connectivity index (χ2n) is 4.84. The van der Waals surface area contributed by atoms with E-state index in [1.165, 1.54) is 12.8 Å². The molecule has 1 aliphatic rings. The van der Waals surface area contributed by atoms with Gasteiger partial charge in [-0.1, -0.05) is 32.9 Å². The molecule has 0 saturated carbocycles. The van der Waals surface area contributed by atoms with Gasteiger partial charge >= 0.3 is 0 Å². The molecule has 2 nitrogen and oxygen atoms in total. The summed E-state index contributed by atoms with van der Waals surface area (Å²) >= 11 is 0. The third kappa shape index (κ3) is 4.67. The zero-order valence-electron chi connectivity index (χ0n) is 11.2. The molecule has 0 bridgehead atoms. The van der Waals surface area contributed by atoms with Gasteiger partial charge in [-0.25, -0.2) is 5.32 Å². The Balaban J connectivity index is 2.08. The van der Waals surface area contributed by atoms with E-state index in [0.29, 0.717) is 0 Å². The summed E-state index contributed by atoms with van der Waals surface area (Å²) in [7, 11) is 0. The third-order valence-electron chi connectivity index (χ3n) is 3.75. The lowest BCUT2D eigenvalue weighted by atomic mass is 9.84. The smallest absolute Gasteiger partial charge is 0.0261 e. The van der Waals surface area contributed by atoms with Crippen LogP contribution in [0.2, 0.25) is 0 Å². The summed E-state index contributed by atoms with van der Waals surface area (Å²) in [6.45, 7) is 12.3. The highest BCUT2D eigenvalue weighted by Crippen LogP contribution is 2.24. The molecular formula is C14H27N2. The summed E-state index contributed by atoms with van der Waals surface area (Å²) < 4.78 is 0. The van der Waals surface area contributed by atoms with E-state index in [9.17, 15) is 0 Å². The van der Waals surface area contributed by atoms with Crippen LogP contribution in [-0.4, -0.2) is 37.6 Å². The Morgan fingerprint density at radius 1 is 1.19 bits per heavy atom. The molecule has 0 aromatic carbocycles. The minimum absolute atomic E-state index is 0.793. The molecule has 1 radical (unpaired) electrons. The summed E-state index contributed by atoms with van der Waals surface area (Å²) in [6, 6.07) is 0. The van der Waals surface area contributed by atoms with Crippen molar-refractivity contribution in [2.24, 2.45) is 11.8 Å². The molecular weight excluding hydrogens is 196 g/mol. The Morgan fingerprint density at radius 3 is 2.50 bits per heavy atom. The summed E-state index contributed by atoms with van der Waals surface area (Å²) in [5.74, 6) is 1.61. The molecule has 0 aromatic heterocycles. The molecule has 0 saturated heterocycles. The molecule has 2 unspecified atom stereocenters. The summed E-state index contributed by atoms with van der Waals surface area (Å²) in [5, 5.41) is 4.71. The lowest BCUT2D eigenvalue weighted by molar-refractivity contribution is 0.284. The van der Waals surface area contributed by atoms with Gasteiger partial charge in [0.15, 0.2) is 0 Å². The minimum Gasteiger partial charge on any atom is -0.303 e. The average molecular weight is 223 g/mol. The first-order valence-electron chi connectivity index (χ1n) is 6.78. The second-order valence-corrected chi connectivity index (χ2v) is 4.84. The summed E-state index contributed by atoms with van der Waals surface area (Å²) in [5.41, 5.74) is 0. The molecule has 1 rings (SSSR count). The molecule has 2 atom stereocenters. The van der Waals surface area contributed by atoms with Crippen molar-refractivity contribution in [2.75, 3.05) is 32.7 Å². The van der Waals surface area contributed by atoms with Crippen molar-refractivity contribution in [1.29, 1.82) is 0 Å². The van der Waals surface area contributed by atoms with Crippen LogP contribution in [0.1, 0.15) is 33.6 Å². The lowest BCUT2D eigenvalue weighted by Crippen LogP contribution is -2.32. The number of hydrogen-bond donors (Lipinski definition) is 0. The van der Waals surface area contributed by atoms with E-state index >= 15 is 0 Å². The Hall–Kier alpha value is -0.340. The maximum absolute atomic E-state index is 4.71. The van der Waals surface area contributed by atoms with Gasteiger partial charge in [0, 0.05) is 19.6 Å². The molecule has 0 heterocycles. The van der Waals surface area contributed by atoms with E-state index in [2.05, 4.69) is 37.8 Å². The summed E-state index contributed by atoms with van der Waals surface area (Å²) in [6.07, 6.45) is 7.12. The van der Waals surface area contributed by atoms with Gasteiger partial charge in [0.25, 0.3) is 0 Å². The van der Waals surface area contributed by atoms with Gasteiger partial charge in [0.1, 0.15) is 0 Å². The number of likely N-dealkylation sites (N-methyl/N-ethyl adjacent to an activating group) is 1. The third-order valence-corrected chi connectivity index (χ3v) is 3.75. The largest absolute Gasteiger partial charge is 0.303 e. The van der Waals surface area contributed by atoms with Crippen molar-refractivity contribution in [3.8, 4) is 0 Å². The minimum atomic E-state index is 0.793. The van der Waals surface area contributed by atoms with E-state index in [4.69, 9.17) is 5.32 Å². The fourth-order valence-electron chi connectivity index (χ4n) is 2.27. The fourth-order valence-corrected chi connectivity index (χ4v) is 2.27. The lowest BCUT2D eigenvalue weighted by Gasteiger charge is -2.25. The number of nitrogens with zero attached hydrogens (tertiary/aromatic N) is 2. The maximum atomic E-state index is 4.71. The number of hydrogen-bond acceptors (Lipinski definition) is 1. The van der Waals surface area contributed by atoms with Crippen LogP contribution in [0.3, 0.4) is 0 Å². The van der Waals surface area contributed by atoms with Crippen LogP contribution in [-0.2, 0) is 0 Å². The van der Waals surface area contributed by atoms with Crippen LogP contribution >= 0.6 is 0 Å². The van der Waals surface area contributed by atoms with E-state index in [0.717, 1.165) is 44.6 Å². The second kappa shape index (κ2) is 7.86. The first-order valence-corrected chi connectivity index (χ1v) is 6.78. The van der Waals surface area contributed by atoms with Crippen LogP contribution < -0.4 is 5.32 Å². The quantitative estimate of drug-likeness (QED) is 0.479. The van der Waals surface area contributed by atoms with Gasteiger partial charge in [-0.2, -0.15) is 0 Å². The van der Waals surface area contributed by atoms with Crippen molar-refractivity contribution >= 4 is 0 Å². The molecule has 0 spiro atoms. The highest BCUT2D eigenvalue weighted by molar-refractivity contribution is 4.93. The topological polar surface area (TPSA) is 17.3 Å². The van der Waals surface area contributed by atoms with Crippen molar-refractivity contribution in [1.82, 2.24) is 10.2 Å². The van der Waals surface area contributed by atoms with E-state index in [-0.39, 0.29) is 0 Å². The van der Waals surface area contributed by atoms with Crippen molar-refractivity contribution in [2.45, 2.75) is 33.6 Å². The highest BCUT2D eigenvalue weighted by Gasteiger charge is 2.17. The molecule has 0 N–H and O–H groups in total. The van der Waals surface area contributed by atoms with E-state index < -0.39 is 0 Å². The van der Waals surface area contributed by atoms with E-state index in [1.54, 1.807) is 0 Å². The van der Waals surface area contributed by atoms with Gasteiger partial charge in [-0.05, 0) is 37.8 Å². The molecule has 0 aromatic rings. The number of allylic oxidation sites excluding steroid dienone is 2. The Bertz CT molecular complexity index is 197. The molecule has 0 fully saturated rings. The van der Waals surface area contributed by atoms with Crippen LogP contribution in [0.5, 0.6) is 0 Å². The zero-order chi connectivity index (χ0) is 11.8. The van der Waals surface area contributed by atoms with Crippen LogP contribution in [0.25, 0.3) is 0 Å². The van der Waals surface area contributed by atoms with E-state index in [1.807, 2.05) is 0 Å². The maximum Gasteiger partial charge on any atom is 0.0261 e. The van der Waals surface area contributed by atoms with Crippen LogP contribution in [0.4, 0.5) is 0 Å². The SMILES string of the molecule is CCN(CC)CC[N]CC1CC=CCC1C. The van der Waals surface area contributed by atoms with Gasteiger partial charge < -0.3 is 4.90 Å². The molecule has 93 valence electrons. The monoisotopic (exact) mass is 223 g/mol. The highest BCUT2D eigenvalue weighted by atomic mass is 15.1. The molecule has 0 aliphatic heterocycles.